The first kappa shape index (κ1) is 17.1. The molecular formula is C17H24N4O2S. The van der Waals surface area contributed by atoms with Crippen LogP contribution in [0.15, 0.2) is 29.4 Å². The van der Waals surface area contributed by atoms with Crippen LogP contribution in [0.5, 0.6) is 0 Å². The summed E-state index contributed by atoms with van der Waals surface area (Å²) in [6, 6.07) is 4.99. The molecule has 1 unspecified atom stereocenters. The third kappa shape index (κ3) is 3.84. The molecule has 1 saturated heterocycles. The molecule has 2 aromatic rings. The highest BCUT2D eigenvalue weighted by molar-refractivity contribution is 7.90. The Bertz CT molecular complexity index is 822. The van der Waals surface area contributed by atoms with Crippen molar-refractivity contribution >= 4 is 26.6 Å². The summed E-state index contributed by atoms with van der Waals surface area (Å²) in [5, 5.41) is 4.16. The molecule has 0 aliphatic carbocycles. The van der Waals surface area contributed by atoms with E-state index in [1.807, 2.05) is 0 Å². The van der Waals surface area contributed by atoms with Crippen LogP contribution in [-0.2, 0) is 9.84 Å². The average molecular weight is 348 g/mol. The number of sulfone groups is 1. The van der Waals surface area contributed by atoms with Crippen LogP contribution in [0.1, 0.15) is 19.8 Å². The van der Waals surface area contributed by atoms with Gasteiger partial charge in [0.2, 0.25) is 0 Å². The highest BCUT2D eigenvalue weighted by Gasteiger charge is 2.19. The summed E-state index contributed by atoms with van der Waals surface area (Å²) in [5.74, 6) is 1.29. The Balaban J connectivity index is 1.81. The maximum Gasteiger partial charge on any atom is 0.175 e. The molecule has 24 heavy (non-hydrogen) atoms. The Morgan fingerprint density at radius 1 is 1.33 bits per heavy atom. The van der Waals surface area contributed by atoms with Crippen LogP contribution in [0.2, 0.25) is 0 Å². The number of likely N-dealkylation sites (tertiary alicyclic amines) is 1. The van der Waals surface area contributed by atoms with E-state index >= 15 is 0 Å². The first-order valence-corrected chi connectivity index (χ1v) is 10.3. The number of benzene rings is 1. The molecule has 6 nitrogen and oxygen atoms in total. The topological polar surface area (TPSA) is 75.2 Å². The third-order valence-corrected chi connectivity index (χ3v) is 5.75. The molecule has 0 radical (unpaired) electrons. The third-order valence-electron chi connectivity index (χ3n) is 4.64. The highest BCUT2D eigenvalue weighted by atomic mass is 32.2. The summed E-state index contributed by atoms with van der Waals surface area (Å²) in [4.78, 5) is 11.3. The molecule has 130 valence electrons. The lowest BCUT2D eigenvalue weighted by Gasteiger charge is -2.32. The van der Waals surface area contributed by atoms with E-state index in [2.05, 4.69) is 27.1 Å². The zero-order valence-corrected chi connectivity index (χ0v) is 15.0. The molecular weight excluding hydrogens is 324 g/mol. The number of fused-ring (bicyclic) bond motifs is 1. The first-order chi connectivity index (χ1) is 11.5. The molecule has 1 fully saturated rings. The van der Waals surface area contributed by atoms with E-state index < -0.39 is 9.84 Å². The predicted octanol–water partition coefficient (Wildman–Crippen LogP) is 2.18. The minimum atomic E-state index is -3.25. The average Bonchev–Trinajstić information content (AvgIpc) is 2.58. The molecule has 1 aromatic heterocycles. The van der Waals surface area contributed by atoms with Crippen molar-refractivity contribution in [2.45, 2.75) is 24.7 Å². The maximum absolute atomic E-state index is 11.8. The Hall–Kier alpha value is -1.73. The Labute approximate surface area is 143 Å². The summed E-state index contributed by atoms with van der Waals surface area (Å²) >= 11 is 0. The van der Waals surface area contributed by atoms with Crippen molar-refractivity contribution in [3.63, 3.8) is 0 Å². The SMILES string of the molecule is CCN1CCCC(CNc2ncnc3ccc(S(C)(=O)=O)cc23)C1. The van der Waals surface area contributed by atoms with E-state index in [0.717, 1.165) is 30.5 Å². The minimum Gasteiger partial charge on any atom is -0.369 e. The fourth-order valence-electron chi connectivity index (χ4n) is 3.25. The van der Waals surface area contributed by atoms with Crippen LogP contribution in [0.4, 0.5) is 5.82 Å². The molecule has 1 atom stereocenters. The predicted molar refractivity (Wildman–Crippen MR) is 96.0 cm³/mol. The van der Waals surface area contributed by atoms with Crippen molar-refractivity contribution in [1.82, 2.24) is 14.9 Å². The lowest BCUT2D eigenvalue weighted by molar-refractivity contribution is 0.189. The standard InChI is InChI=1S/C17H24N4O2S/c1-3-21-8-4-5-13(11-21)10-18-17-15-9-14(24(2,22)23)6-7-16(15)19-12-20-17/h6-7,9,12-13H,3-5,8,10-11H2,1-2H3,(H,18,19,20). The van der Waals surface area contributed by atoms with Gasteiger partial charge in [-0.2, -0.15) is 0 Å². The van der Waals surface area contributed by atoms with Crippen molar-refractivity contribution in [3.05, 3.63) is 24.5 Å². The van der Waals surface area contributed by atoms with Crippen LogP contribution in [-0.4, -0.2) is 55.7 Å². The van der Waals surface area contributed by atoms with Crippen LogP contribution >= 0.6 is 0 Å². The molecule has 2 heterocycles. The lowest BCUT2D eigenvalue weighted by atomic mass is 9.98. The smallest absolute Gasteiger partial charge is 0.175 e. The Kier molecular flexibility index (Phi) is 5.01. The van der Waals surface area contributed by atoms with E-state index in [0.29, 0.717) is 16.6 Å². The Morgan fingerprint density at radius 3 is 2.92 bits per heavy atom. The second kappa shape index (κ2) is 7.03. The number of anilines is 1. The summed E-state index contributed by atoms with van der Waals surface area (Å²) < 4.78 is 23.6. The van der Waals surface area contributed by atoms with Gasteiger partial charge in [-0.15, -0.1) is 0 Å². The molecule has 0 bridgehead atoms. The second-order valence-electron chi connectivity index (χ2n) is 6.46. The van der Waals surface area contributed by atoms with Crippen molar-refractivity contribution in [2.75, 3.05) is 37.8 Å². The van der Waals surface area contributed by atoms with Crippen molar-refractivity contribution in [2.24, 2.45) is 5.92 Å². The number of nitrogens with one attached hydrogen (secondary N) is 1. The van der Waals surface area contributed by atoms with Crippen molar-refractivity contribution < 1.29 is 8.42 Å². The van der Waals surface area contributed by atoms with Gasteiger partial charge >= 0.3 is 0 Å². The molecule has 0 amide bonds. The molecule has 1 aromatic carbocycles. The summed E-state index contributed by atoms with van der Waals surface area (Å²) in [5.41, 5.74) is 0.749. The maximum atomic E-state index is 11.8. The molecule has 1 aliphatic rings. The fraction of sp³-hybridized carbons (Fsp3) is 0.529. The van der Waals surface area contributed by atoms with Gasteiger partial charge in [0, 0.05) is 24.7 Å². The molecule has 7 heteroatoms. The van der Waals surface area contributed by atoms with Crippen molar-refractivity contribution in [1.29, 1.82) is 0 Å². The van der Waals surface area contributed by atoms with Gasteiger partial charge in [-0.3, -0.25) is 0 Å². The first-order valence-electron chi connectivity index (χ1n) is 8.38. The summed E-state index contributed by atoms with van der Waals surface area (Å²) in [6.07, 6.45) is 5.17. The van der Waals surface area contributed by atoms with E-state index in [4.69, 9.17) is 0 Å². The largest absolute Gasteiger partial charge is 0.369 e. The molecule has 0 spiro atoms. The quantitative estimate of drug-likeness (QED) is 0.893. The van der Waals surface area contributed by atoms with Gasteiger partial charge in [-0.05, 0) is 50.0 Å². The van der Waals surface area contributed by atoms with Crippen LogP contribution in [0, 0.1) is 5.92 Å². The molecule has 1 N–H and O–H groups in total. The zero-order valence-electron chi connectivity index (χ0n) is 14.2. The van der Waals surface area contributed by atoms with Crippen LogP contribution in [0.3, 0.4) is 0 Å². The minimum absolute atomic E-state index is 0.294. The number of piperidine rings is 1. The van der Waals surface area contributed by atoms with Crippen LogP contribution in [0.25, 0.3) is 10.9 Å². The van der Waals surface area contributed by atoms with Crippen LogP contribution < -0.4 is 5.32 Å². The van der Waals surface area contributed by atoms with E-state index in [1.54, 1.807) is 18.2 Å². The zero-order chi connectivity index (χ0) is 17.2. The molecule has 1 aliphatic heterocycles. The number of rotatable bonds is 5. The Morgan fingerprint density at radius 2 is 2.17 bits per heavy atom. The number of aromatic nitrogens is 2. The van der Waals surface area contributed by atoms with E-state index in [1.165, 1.54) is 32.0 Å². The van der Waals surface area contributed by atoms with Gasteiger partial charge in [0.1, 0.15) is 12.1 Å². The van der Waals surface area contributed by atoms with Gasteiger partial charge in [0.25, 0.3) is 0 Å². The number of nitrogens with zero attached hydrogens (tertiary/aromatic N) is 3. The lowest BCUT2D eigenvalue weighted by Crippen LogP contribution is -2.37. The van der Waals surface area contributed by atoms with Gasteiger partial charge < -0.3 is 10.2 Å². The molecule has 3 rings (SSSR count). The van der Waals surface area contributed by atoms with E-state index in [-0.39, 0.29) is 0 Å². The second-order valence-corrected chi connectivity index (χ2v) is 8.47. The van der Waals surface area contributed by atoms with Gasteiger partial charge in [-0.25, -0.2) is 18.4 Å². The number of hydrogen-bond acceptors (Lipinski definition) is 6. The van der Waals surface area contributed by atoms with Gasteiger partial charge in [0.05, 0.1) is 10.4 Å². The summed E-state index contributed by atoms with van der Waals surface area (Å²) in [6.45, 7) is 6.40. The van der Waals surface area contributed by atoms with Gasteiger partial charge in [0.15, 0.2) is 9.84 Å². The monoisotopic (exact) mass is 348 g/mol. The summed E-state index contributed by atoms with van der Waals surface area (Å²) in [7, 11) is -3.25. The van der Waals surface area contributed by atoms with Gasteiger partial charge in [-0.1, -0.05) is 6.92 Å². The highest BCUT2D eigenvalue weighted by Crippen LogP contribution is 2.24. The van der Waals surface area contributed by atoms with Crippen molar-refractivity contribution in [3.8, 4) is 0 Å². The normalized spacial score (nSPS) is 19.5. The van der Waals surface area contributed by atoms with E-state index in [9.17, 15) is 8.42 Å². The molecule has 0 saturated carbocycles. The fourth-order valence-corrected chi connectivity index (χ4v) is 3.90. The number of hydrogen-bond donors (Lipinski definition) is 1.